The molecule has 13 heavy (non-hydrogen) atoms. The predicted molar refractivity (Wildman–Crippen MR) is 49.4 cm³/mol. The van der Waals surface area contributed by atoms with Crippen LogP contribution < -0.4 is 0 Å². The number of hydrogen-bond acceptors (Lipinski definition) is 3. The lowest BCUT2D eigenvalue weighted by molar-refractivity contribution is 0.275. The van der Waals surface area contributed by atoms with Crippen LogP contribution in [0.4, 0.5) is 0 Å². The molecule has 1 aliphatic rings. The molecule has 1 aliphatic carbocycles. The molecule has 0 fully saturated rings. The van der Waals surface area contributed by atoms with Gasteiger partial charge in [-0.2, -0.15) is 0 Å². The van der Waals surface area contributed by atoms with Gasteiger partial charge in [0.1, 0.15) is 0 Å². The van der Waals surface area contributed by atoms with Crippen molar-refractivity contribution in [2.24, 2.45) is 0 Å². The molecule has 2 rings (SSSR count). The van der Waals surface area contributed by atoms with E-state index in [9.17, 15) is 0 Å². The number of aromatic nitrogens is 2. The van der Waals surface area contributed by atoms with E-state index in [1.54, 1.807) is 0 Å². The highest BCUT2D eigenvalue weighted by Crippen LogP contribution is 2.30. The van der Waals surface area contributed by atoms with Crippen molar-refractivity contribution in [3.05, 3.63) is 22.8 Å². The second kappa shape index (κ2) is 3.07. The van der Waals surface area contributed by atoms with Crippen molar-refractivity contribution in [3.63, 3.8) is 0 Å². The third-order valence-corrected chi connectivity index (χ3v) is 2.70. The topological polar surface area (TPSA) is 46.0 Å². The van der Waals surface area contributed by atoms with E-state index >= 15 is 0 Å². The smallest absolute Gasteiger partial charge is 0.0873 e. The van der Waals surface area contributed by atoms with Crippen molar-refractivity contribution in [1.82, 2.24) is 9.97 Å². The molecule has 0 spiro atoms. The minimum Gasteiger partial charge on any atom is -0.390 e. The van der Waals surface area contributed by atoms with Gasteiger partial charge < -0.3 is 5.11 Å². The molecule has 70 valence electrons. The normalized spacial score (nSPS) is 20.4. The highest BCUT2D eigenvalue weighted by Gasteiger charge is 2.22. The number of rotatable bonds is 1. The minimum absolute atomic E-state index is 0.000490. The first-order chi connectivity index (χ1) is 6.22. The van der Waals surface area contributed by atoms with Crippen LogP contribution in [0.5, 0.6) is 0 Å². The fourth-order valence-electron chi connectivity index (χ4n) is 1.83. The number of fused-ring (bicyclic) bond motifs is 1. The monoisotopic (exact) mass is 178 g/mol. The Bertz CT molecular complexity index is 336. The van der Waals surface area contributed by atoms with Gasteiger partial charge in [-0.3, -0.25) is 9.97 Å². The summed E-state index contributed by atoms with van der Waals surface area (Å²) in [7, 11) is 0. The lowest BCUT2D eigenvalue weighted by Gasteiger charge is -2.06. The molecule has 0 amide bonds. The largest absolute Gasteiger partial charge is 0.390 e. The fourth-order valence-corrected chi connectivity index (χ4v) is 1.83. The molecule has 3 heteroatoms. The molecule has 1 atom stereocenters. The third-order valence-electron chi connectivity index (χ3n) is 2.70. The van der Waals surface area contributed by atoms with Crippen LogP contribution >= 0.6 is 0 Å². The van der Waals surface area contributed by atoms with Crippen LogP contribution in [0.3, 0.4) is 0 Å². The number of hydrogen-bond donors (Lipinski definition) is 1. The molecular weight excluding hydrogens is 164 g/mol. The maximum atomic E-state index is 9.01. The van der Waals surface area contributed by atoms with Gasteiger partial charge in [0.05, 0.1) is 29.4 Å². The van der Waals surface area contributed by atoms with E-state index in [2.05, 4.69) is 16.9 Å². The van der Waals surface area contributed by atoms with E-state index < -0.39 is 0 Å². The van der Waals surface area contributed by atoms with E-state index in [0.29, 0.717) is 5.92 Å². The first kappa shape index (κ1) is 8.63. The van der Waals surface area contributed by atoms with E-state index in [-0.39, 0.29) is 6.61 Å². The molecular formula is C10H14N2O. The molecule has 0 saturated carbocycles. The average Bonchev–Trinajstić information content (AvgIpc) is 2.47. The van der Waals surface area contributed by atoms with Gasteiger partial charge in [0.25, 0.3) is 0 Å². The van der Waals surface area contributed by atoms with Crippen molar-refractivity contribution in [2.45, 2.75) is 39.2 Å². The van der Waals surface area contributed by atoms with Crippen LogP contribution in [0, 0.1) is 6.92 Å². The lowest BCUT2D eigenvalue weighted by atomic mass is 10.1. The maximum Gasteiger partial charge on any atom is 0.0873 e. The van der Waals surface area contributed by atoms with E-state index in [1.165, 1.54) is 0 Å². The number of aryl methyl sites for hydroxylation is 2. The molecule has 1 aromatic heterocycles. The highest BCUT2D eigenvalue weighted by atomic mass is 16.3. The van der Waals surface area contributed by atoms with E-state index in [1.807, 2.05) is 6.92 Å². The van der Waals surface area contributed by atoms with Crippen molar-refractivity contribution in [3.8, 4) is 0 Å². The van der Waals surface area contributed by atoms with Crippen LogP contribution in [-0.4, -0.2) is 15.1 Å². The summed E-state index contributed by atoms with van der Waals surface area (Å²) in [5, 5.41) is 9.01. The quantitative estimate of drug-likeness (QED) is 0.705. The van der Waals surface area contributed by atoms with Crippen LogP contribution in [-0.2, 0) is 13.0 Å². The Balaban J connectivity index is 2.50. The second-order valence-electron chi connectivity index (χ2n) is 3.69. The number of aliphatic hydroxyl groups is 1. The van der Waals surface area contributed by atoms with Gasteiger partial charge in [0.2, 0.25) is 0 Å². The van der Waals surface area contributed by atoms with Crippen LogP contribution in [0.2, 0.25) is 0 Å². The molecule has 1 heterocycles. The molecule has 1 N–H and O–H groups in total. The standard InChI is InChI=1S/C10H14N2O/c1-6-3-4-8-10(6)11-7(2)9(5-13)12-8/h6,13H,3-5H2,1-2H3/t6-/m0/s1. The van der Waals surface area contributed by atoms with Crippen molar-refractivity contribution in [2.75, 3.05) is 0 Å². The van der Waals surface area contributed by atoms with Gasteiger partial charge in [-0.1, -0.05) is 6.92 Å². The zero-order valence-electron chi connectivity index (χ0n) is 8.04. The summed E-state index contributed by atoms with van der Waals surface area (Å²) in [4.78, 5) is 8.89. The molecule has 0 unspecified atom stereocenters. The first-order valence-corrected chi connectivity index (χ1v) is 4.69. The summed E-state index contributed by atoms with van der Waals surface area (Å²) < 4.78 is 0. The van der Waals surface area contributed by atoms with E-state index in [0.717, 1.165) is 35.6 Å². The third kappa shape index (κ3) is 1.33. The lowest BCUT2D eigenvalue weighted by Crippen LogP contribution is -2.03. The first-order valence-electron chi connectivity index (χ1n) is 4.69. The van der Waals surface area contributed by atoms with Gasteiger partial charge >= 0.3 is 0 Å². The van der Waals surface area contributed by atoms with Crippen LogP contribution in [0.15, 0.2) is 0 Å². The Labute approximate surface area is 77.8 Å². The summed E-state index contributed by atoms with van der Waals surface area (Å²) in [5.74, 6) is 0.536. The zero-order chi connectivity index (χ0) is 9.42. The Kier molecular flexibility index (Phi) is 2.04. The van der Waals surface area contributed by atoms with Gasteiger partial charge in [-0.05, 0) is 19.8 Å². The second-order valence-corrected chi connectivity index (χ2v) is 3.69. The number of aliphatic hydroxyl groups excluding tert-OH is 1. The van der Waals surface area contributed by atoms with Gasteiger partial charge in [-0.25, -0.2) is 0 Å². The highest BCUT2D eigenvalue weighted by molar-refractivity contribution is 5.26. The Hall–Kier alpha value is -0.960. The van der Waals surface area contributed by atoms with Gasteiger partial charge in [0, 0.05) is 5.92 Å². The minimum atomic E-state index is 0.000490. The van der Waals surface area contributed by atoms with Crippen molar-refractivity contribution >= 4 is 0 Å². The van der Waals surface area contributed by atoms with Crippen LogP contribution in [0.25, 0.3) is 0 Å². The summed E-state index contributed by atoms with van der Waals surface area (Å²) in [5.41, 5.74) is 3.82. The summed E-state index contributed by atoms with van der Waals surface area (Å²) >= 11 is 0. The number of nitrogens with zero attached hydrogens (tertiary/aromatic N) is 2. The molecule has 0 bridgehead atoms. The van der Waals surface area contributed by atoms with Gasteiger partial charge in [0.15, 0.2) is 0 Å². The summed E-state index contributed by atoms with van der Waals surface area (Å²) in [6, 6.07) is 0. The molecule has 0 saturated heterocycles. The van der Waals surface area contributed by atoms with E-state index in [4.69, 9.17) is 5.11 Å². The summed E-state index contributed by atoms with van der Waals surface area (Å²) in [6.45, 7) is 4.09. The predicted octanol–water partition coefficient (Wildman–Crippen LogP) is 1.33. The SMILES string of the molecule is Cc1nc2c(nc1CO)CC[C@@H]2C. The molecule has 0 aliphatic heterocycles. The molecule has 3 nitrogen and oxygen atoms in total. The Morgan fingerprint density at radius 2 is 2.23 bits per heavy atom. The maximum absolute atomic E-state index is 9.01. The van der Waals surface area contributed by atoms with Crippen LogP contribution in [0.1, 0.15) is 42.0 Å². The summed E-state index contributed by atoms with van der Waals surface area (Å²) in [6.07, 6.45) is 2.15. The zero-order valence-corrected chi connectivity index (χ0v) is 8.04. The molecule has 0 aromatic carbocycles. The molecule has 1 aromatic rings. The van der Waals surface area contributed by atoms with Gasteiger partial charge in [-0.15, -0.1) is 0 Å². The Morgan fingerprint density at radius 3 is 2.92 bits per heavy atom. The average molecular weight is 178 g/mol. The Morgan fingerprint density at radius 1 is 1.46 bits per heavy atom. The van der Waals surface area contributed by atoms with Crippen molar-refractivity contribution < 1.29 is 5.11 Å². The molecule has 0 radical (unpaired) electrons. The fraction of sp³-hybridized carbons (Fsp3) is 0.600. The van der Waals surface area contributed by atoms with Crippen molar-refractivity contribution in [1.29, 1.82) is 0 Å².